The largest absolute Gasteiger partial charge is 0.276 e. The van der Waals surface area contributed by atoms with Crippen molar-refractivity contribution in [3.8, 4) is 0 Å². The van der Waals surface area contributed by atoms with Crippen molar-refractivity contribution in [1.82, 2.24) is 0 Å². The van der Waals surface area contributed by atoms with E-state index in [1.807, 2.05) is 6.08 Å². The van der Waals surface area contributed by atoms with E-state index in [4.69, 9.17) is 0 Å². The van der Waals surface area contributed by atoms with Crippen LogP contribution in [0.5, 0.6) is 0 Å². The maximum atomic E-state index is 10.5. The van der Waals surface area contributed by atoms with Crippen molar-refractivity contribution in [2.45, 2.75) is 38.5 Å². The number of allylic oxidation sites excluding steroid dienone is 1. The van der Waals surface area contributed by atoms with E-state index >= 15 is 0 Å². The summed E-state index contributed by atoms with van der Waals surface area (Å²) in [6.45, 7) is 4.21. The average molecular weight is 201 g/mol. The van der Waals surface area contributed by atoms with E-state index in [2.05, 4.69) is 26.5 Å². The van der Waals surface area contributed by atoms with Crippen LogP contribution in [-0.2, 0) is 0 Å². The van der Waals surface area contributed by atoms with Gasteiger partial charge in [0.2, 0.25) is 0 Å². The van der Waals surface area contributed by atoms with Gasteiger partial charge in [0.15, 0.2) is 0 Å². The second-order valence-corrected chi connectivity index (χ2v) is 4.71. The molecule has 4 heteroatoms. The van der Waals surface area contributed by atoms with E-state index in [-0.39, 0.29) is 10.3 Å². The number of thiol groups is 1. The van der Waals surface area contributed by atoms with E-state index in [0.717, 1.165) is 24.8 Å². The van der Waals surface area contributed by atoms with E-state index in [1.165, 1.54) is 0 Å². The zero-order valence-electron chi connectivity index (χ0n) is 7.99. The zero-order valence-corrected chi connectivity index (χ0v) is 8.88. The van der Waals surface area contributed by atoms with Gasteiger partial charge in [-0.25, -0.2) is 0 Å². The molecule has 1 unspecified atom stereocenters. The molecule has 0 aromatic heterocycles. The molecule has 0 aromatic rings. The molecule has 0 amide bonds. The van der Waals surface area contributed by atoms with Gasteiger partial charge in [-0.15, -0.1) is 0 Å². The Labute approximate surface area is 83.8 Å². The van der Waals surface area contributed by atoms with Gasteiger partial charge in [-0.05, 0) is 24.7 Å². The summed E-state index contributed by atoms with van der Waals surface area (Å²) >= 11 is 3.98. The Morgan fingerprint density at radius 3 is 2.77 bits per heavy atom. The van der Waals surface area contributed by atoms with Gasteiger partial charge in [0.05, 0.1) is 0 Å². The Hall–Kier alpha value is -0.510. The number of hydrogen-bond acceptors (Lipinski definition) is 3. The van der Waals surface area contributed by atoms with Gasteiger partial charge in [0, 0.05) is 10.5 Å². The van der Waals surface area contributed by atoms with E-state index in [0.29, 0.717) is 0 Å². The van der Waals surface area contributed by atoms with Gasteiger partial charge in [-0.2, -0.15) is 0 Å². The maximum Gasteiger partial charge on any atom is 0.276 e. The van der Waals surface area contributed by atoms with Gasteiger partial charge in [0.1, 0.15) is 0 Å². The lowest BCUT2D eigenvalue weighted by molar-refractivity contribution is -0.485. The molecule has 13 heavy (non-hydrogen) atoms. The van der Waals surface area contributed by atoms with Crippen molar-refractivity contribution in [2.75, 3.05) is 0 Å². The first-order valence-corrected chi connectivity index (χ1v) is 4.97. The highest BCUT2D eigenvalue weighted by atomic mass is 32.1. The number of nitro groups is 1. The first-order chi connectivity index (χ1) is 5.92. The first-order valence-electron chi connectivity index (χ1n) is 4.45. The van der Waals surface area contributed by atoms with Crippen molar-refractivity contribution in [3.63, 3.8) is 0 Å². The van der Waals surface area contributed by atoms with Crippen molar-refractivity contribution in [3.05, 3.63) is 21.8 Å². The van der Waals surface area contributed by atoms with Gasteiger partial charge >= 0.3 is 0 Å². The van der Waals surface area contributed by atoms with Crippen LogP contribution in [0, 0.1) is 15.5 Å². The second kappa shape index (κ2) is 3.70. The molecule has 1 atom stereocenters. The number of rotatable bonds is 2. The SMILES string of the molecule is CC1(C)C=C(C(S)[N+](=O)[O-])CCC1. The summed E-state index contributed by atoms with van der Waals surface area (Å²) in [5.74, 6) is 0. The van der Waals surface area contributed by atoms with Crippen LogP contribution in [0.2, 0.25) is 0 Å². The molecule has 0 radical (unpaired) electrons. The first kappa shape index (κ1) is 10.6. The Morgan fingerprint density at radius 1 is 1.69 bits per heavy atom. The van der Waals surface area contributed by atoms with Crippen LogP contribution in [0.1, 0.15) is 33.1 Å². The summed E-state index contributed by atoms with van der Waals surface area (Å²) in [5.41, 5.74) is 0.967. The van der Waals surface area contributed by atoms with E-state index in [9.17, 15) is 10.1 Å². The molecule has 0 aliphatic heterocycles. The third-order valence-corrected chi connectivity index (χ3v) is 2.91. The molecule has 0 aromatic carbocycles. The van der Waals surface area contributed by atoms with Crippen LogP contribution in [0.3, 0.4) is 0 Å². The third kappa shape index (κ3) is 2.72. The standard InChI is InChI=1S/C9H15NO2S/c1-9(2)5-3-4-7(6-9)8(13)10(11)12/h6,8,13H,3-5H2,1-2H3. The van der Waals surface area contributed by atoms with Crippen molar-refractivity contribution in [1.29, 1.82) is 0 Å². The maximum absolute atomic E-state index is 10.5. The van der Waals surface area contributed by atoms with Crippen LogP contribution in [0.25, 0.3) is 0 Å². The molecule has 1 rings (SSSR count). The summed E-state index contributed by atoms with van der Waals surface area (Å²) in [5, 5.41) is 9.69. The Morgan fingerprint density at radius 2 is 2.31 bits per heavy atom. The Kier molecular flexibility index (Phi) is 3.01. The molecule has 0 N–H and O–H groups in total. The molecule has 0 saturated heterocycles. The lowest BCUT2D eigenvalue weighted by Crippen LogP contribution is -2.22. The molecular weight excluding hydrogens is 186 g/mol. The van der Waals surface area contributed by atoms with Gasteiger partial charge < -0.3 is 0 Å². The molecule has 0 bridgehead atoms. The fraction of sp³-hybridized carbons (Fsp3) is 0.778. The quantitative estimate of drug-likeness (QED) is 0.245. The molecule has 74 valence electrons. The lowest BCUT2D eigenvalue weighted by atomic mass is 9.80. The van der Waals surface area contributed by atoms with Gasteiger partial charge in [-0.1, -0.05) is 32.6 Å². The highest BCUT2D eigenvalue weighted by Gasteiger charge is 2.28. The predicted molar refractivity (Wildman–Crippen MR) is 55.5 cm³/mol. The molecule has 1 aliphatic rings. The van der Waals surface area contributed by atoms with Crippen molar-refractivity contribution >= 4 is 12.6 Å². The topological polar surface area (TPSA) is 43.1 Å². The molecular formula is C9H15NO2S. The van der Waals surface area contributed by atoms with Crippen LogP contribution in [0.15, 0.2) is 11.6 Å². The minimum atomic E-state index is -0.806. The molecule has 0 fully saturated rings. The van der Waals surface area contributed by atoms with Gasteiger partial charge in [0.25, 0.3) is 5.37 Å². The highest BCUT2D eigenvalue weighted by molar-refractivity contribution is 7.80. The summed E-state index contributed by atoms with van der Waals surface area (Å²) in [7, 11) is 0. The van der Waals surface area contributed by atoms with Crippen LogP contribution in [-0.4, -0.2) is 10.3 Å². The minimum absolute atomic E-state index is 0.102. The lowest BCUT2D eigenvalue weighted by Gasteiger charge is -2.27. The van der Waals surface area contributed by atoms with E-state index < -0.39 is 5.37 Å². The smallest absolute Gasteiger partial charge is 0.263 e. The molecule has 1 aliphatic carbocycles. The molecule has 0 spiro atoms. The number of nitrogens with zero attached hydrogens (tertiary/aromatic N) is 1. The molecule has 0 saturated carbocycles. The van der Waals surface area contributed by atoms with Gasteiger partial charge in [-0.3, -0.25) is 10.1 Å². The van der Waals surface area contributed by atoms with Crippen molar-refractivity contribution in [2.24, 2.45) is 5.41 Å². The zero-order chi connectivity index (χ0) is 10.1. The third-order valence-electron chi connectivity index (χ3n) is 2.39. The molecule has 0 heterocycles. The van der Waals surface area contributed by atoms with Crippen LogP contribution < -0.4 is 0 Å². The minimum Gasteiger partial charge on any atom is -0.263 e. The summed E-state index contributed by atoms with van der Waals surface area (Å²) < 4.78 is 0. The molecule has 3 nitrogen and oxygen atoms in total. The fourth-order valence-electron chi connectivity index (χ4n) is 1.73. The monoisotopic (exact) mass is 201 g/mol. The predicted octanol–water partition coefficient (Wildman–Crippen LogP) is 2.66. The Balaban J connectivity index is 2.80. The number of hydrogen-bond donors (Lipinski definition) is 1. The summed E-state index contributed by atoms with van der Waals surface area (Å²) in [4.78, 5) is 10.2. The van der Waals surface area contributed by atoms with E-state index in [1.54, 1.807) is 0 Å². The summed E-state index contributed by atoms with van der Waals surface area (Å²) in [6, 6.07) is 0. The second-order valence-electron chi connectivity index (χ2n) is 4.22. The van der Waals surface area contributed by atoms with Crippen LogP contribution >= 0.6 is 12.6 Å². The van der Waals surface area contributed by atoms with Crippen molar-refractivity contribution < 1.29 is 4.92 Å². The van der Waals surface area contributed by atoms with Crippen LogP contribution in [0.4, 0.5) is 0 Å². The fourth-order valence-corrected chi connectivity index (χ4v) is 1.94. The Bertz CT molecular complexity index is 248. The normalized spacial score (nSPS) is 23.5. The summed E-state index contributed by atoms with van der Waals surface area (Å²) in [6.07, 6.45) is 4.97. The average Bonchev–Trinajstić information content (AvgIpc) is 2.01. The highest BCUT2D eigenvalue weighted by Crippen LogP contribution is 2.35.